The molecular formula is C27H27F3N4O4S. The summed E-state index contributed by atoms with van der Waals surface area (Å²) in [7, 11) is 0. The Hall–Kier alpha value is -3.80. The number of benzene rings is 2. The lowest BCUT2D eigenvalue weighted by atomic mass is 9.99. The van der Waals surface area contributed by atoms with Crippen molar-refractivity contribution in [2.75, 3.05) is 19.8 Å². The Morgan fingerprint density at radius 1 is 1.05 bits per heavy atom. The fraction of sp³-hybridized carbons (Fsp3) is 0.333. The number of rotatable bonds is 10. The highest BCUT2D eigenvalue weighted by Gasteiger charge is 2.46. The van der Waals surface area contributed by atoms with Crippen LogP contribution in [-0.4, -0.2) is 53.0 Å². The summed E-state index contributed by atoms with van der Waals surface area (Å²) in [6.45, 7) is 7.03. The highest BCUT2D eigenvalue weighted by atomic mass is 32.2. The molecule has 39 heavy (non-hydrogen) atoms. The molecule has 0 saturated heterocycles. The summed E-state index contributed by atoms with van der Waals surface area (Å²) in [4.78, 5) is 16.2. The van der Waals surface area contributed by atoms with Crippen LogP contribution >= 0.6 is 11.8 Å². The van der Waals surface area contributed by atoms with E-state index < -0.39 is 23.0 Å². The van der Waals surface area contributed by atoms with Crippen molar-refractivity contribution < 1.29 is 32.2 Å². The lowest BCUT2D eigenvalue weighted by Gasteiger charge is -2.20. The van der Waals surface area contributed by atoms with Crippen LogP contribution in [0.25, 0.3) is 6.08 Å². The summed E-state index contributed by atoms with van der Waals surface area (Å²) in [5.74, 6) is 0.758. The molecular weight excluding hydrogens is 533 g/mol. The van der Waals surface area contributed by atoms with Gasteiger partial charge in [-0.1, -0.05) is 32.0 Å². The first-order chi connectivity index (χ1) is 18.6. The van der Waals surface area contributed by atoms with Crippen molar-refractivity contribution in [3.63, 3.8) is 0 Å². The number of nitrogens with one attached hydrogen (secondary N) is 1. The largest absolute Gasteiger partial charge is 0.490 e. The van der Waals surface area contributed by atoms with Gasteiger partial charge in [-0.15, -0.1) is 0 Å². The Balaban J connectivity index is 1.43. The molecule has 1 amide bonds. The minimum Gasteiger partial charge on any atom is -0.490 e. The molecule has 0 fully saturated rings. The fourth-order valence-electron chi connectivity index (χ4n) is 3.71. The van der Waals surface area contributed by atoms with E-state index in [1.165, 1.54) is 11.6 Å². The summed E-state index contributed by atoms with van der Waals surface area (Å²) in [6.07, 6.45) is -2.28. The summed E-state index contributed by atoms with van der Waals surface area (Å²) < 4.78 is 56.4. The standard InChI is InChI=1S/C27H27F3N4O4S/c1-4-16(3)18-7-9-19(10-8-18)37-12-13-38-21-11-6-17(15-22(21)36-5-2)14-20-23(31)34-26(32-24(20)35)39-25(33-34)27(28,29)30/h6-11,14-16,31H,4-5,12-13H2,1-3H3. The Kier molecular flexibility index (Phi) is 8.63. The van der Waals surface area contributed by atoms with Gasteiger partial charge in [0.15, 0.2) is 17.3 Å². The minimum absolute atomic E-state index is 0.199. The average Bonchev–Trinajstić information content (AvgIpc) is 3.35. The zero-order valence-electron chi connectivity index (χ0n) is 21.5. The molecule has 2 aromatic carbocycles. The van der Waals surface area contributed by atoms with Crippen LogP contribution in [0.2, 0.25) is 0 Å². The molecule has 8 nitrogen and oxygen atoms in total. The van der Waals surface area contributed by atoms with Gasteiger partial charge in [-0.05, 0) is 72.5 Å². The molecule has 2 heterocycles. The van der Waals surface area contributed by atoms with Crippen molar-refractivity contribution in [2.45, 2.75) is 39.3 Å². The Morgan fingerprint density at radius 2 is 1.77 bits per heavy atom. The van der Waals surface area contributed by atoms with Gasteiger partial charge in [-0.3, -0.25) is 10.2 Å². The van der Waals surface area contributed by atoms with Gasteiger partial charge in [-0.2, -0.15) is 28.3 Å². The molecule has 2 aliphatic rings. The molecule has 2 aliphatic heterocycles. The van der Waals surface area contributed by atoms with E-state index in [1.807, 2.05) is 12.1 Å². The maximum absolute atomic E-state index is 13.0. The Bertz CT molecular complexity index is 1340. The van der Waals surface area contributed by atoms with Gasteiger partial charge in [0.05, 0.1) is 12.2 Å². The number of carbonyl (C=O) groups excluding carboxylic acids is 1. The molecule has 4 rings (SSSR count). The third-order valence-corrected chi connectivity index (χ3v) is 6.90. The normalized spacial score (nSPS) is 17.1. The zero-order valence-corrected chi connectivity index (χ0v) is 22.4. The molecule has 1 atom stereocenters. The lowest BCUT2D eigenvalue weighted by molar-refractivity contribution is -0.114. The predicted molar refractivity (Wildman–Crippen MR) is 145 cm³/mol. The Morgan fingerprint density at radius 3 is 2.44 bits per heavy atom. The number of amides is 1. The molecule has 0 aliphatic carbocycles. The number of nitrogens with zero attached hydrogens (tertiary/aromatic N) is 3. The van der Waals surface area contributed by atoms with Gasteiger partial charge in [0.1, 0.15) is 19.0 Å². The number of aliphatic imine (C=N–C) groups is 1. The summed E-state index contributed by atoms with van der Waals surface area (Å²) >= 11 is 0.204. The topological polar surface area (TPSA) is 96.6 Å². The van der Waals surface area contributed by atoms with E-state index in [0.717, 1.165) is 12.2 Å². The van der Waals surface area contributed by atoms with Crippen molar-refractivity contribution in [1.82, 2.24) is 5.01 Å². The van der Waals surface area contributed by atoms with Crippen molar-refractivity contribution >= 4 is 39.8 Å². The quantitative estimate of drug-likeness (QED) is 0.273. The number of hydrogen-bond donors (Lipinski definition) is 1. The summed E-state index contributed by atoms with van der Waals surface area (Å²) in [6, 6.07) is 12.9. The third-order valence-electron chi connectivity index (χ3n) is 5.95. The smallest absolute Gasteiger partial charge is 0.441 e. The van der Waals surface area contributed by atoms with Crippen molar-refractivity contribution in [2.24, 2.45) is 10.1 Å². The van der Waals surface area contributed by atoms with E-state index in [2.05, 4.69) is 36.1 Å². The molecule has 0 saturated carbocycles. The fourth-order valence-corrected chi connectivity index (χ4v) is 4.47. The SMILES string of the molecule is CCOc1cc(C=C2C(=N)N3N=C(C(F)(F)F)SC3=NC2=O)ccc1OCCOc1ccc(C(C)CC)cc1. The average molecular weight is 561 g/mol. The van der Waals surface area contributed by atoms with Gasteiger partial charge < -0.3 is 14.2 Å². The first kappa shape index (κ1) is 28.2. The number of thioether (sulfide) groups is 1. The first-order valence-electron chi connectivity index (χ1n) is 12.3. The van der Waals surface area contributed by atoms with E-state index in [1.54, 1.807) is 25.1 Å². The van der Waals surface area contributed by atoms with Crippen molar-refractivity contribution in [3.05, 3.63) is 59.2 Å². The molecule has 0 aromatic heterocycles. The molecule has 0 bridgehead atoms. The predicted octanol–water partition coefficient (Wildman–Crippen LogP) is 6.24. The maximum atomic E-state index is 13.0. The second kappa shape index (κ2) is 11.9. The van der Waals surface area contributed by atoms with Crippen LogP contribution in [0.4, 0.5) is 13.2 Å². The second-order valence-electron chi connectivity index (χ2n) is 8.64. The van der Waals surface area contributed by atoms with Crippen LogP contribution in [0, 0.1) is 5.41 Å². The third kappa shape index (κ3) is 6.62. The van der Waals surface area contributed by atoms with Gasteiger partial charge in [-0.25, -0.2) is 0 Å². The molecule has 1 unspecified atom stereocenters. The van der Waals surface area contributed by atoms with Crippen LogP contribution in [0.15, 0.2) is 58.1 Å². The second-order valence-corrected chi connectivity index (χ2v) is 9.59. The van der Waals surface area contributed by atoms with Crippen LogP contribution in [0.5, 0.6) is 17.2 Å². The summed E-state index contributed by atoms with van der Waals surface area (Å²) in [5, 5.41) is 10.9. The van der Waals surface area contributed by atoms with Gasteiger partial charge in [0, 0.05) is 0 Å². The van der Waals surface area contributed by atoms with E-state index >= 15 is 0 Å². The number of carbonyl (C=O) groups is 1. The Labute approximate surface area is 228 Å². The van der Waals surface area contributed by atoms with E-state index in [-0.39, 0.29) is 29.1 Å². The summed E-state index contributed by atoms with van der Waals surface area (Å²) in [5.41, 5.74) is 1.53. The lowest BCUT2D eigenvalue weighted by Crippen LogP contribution is -2.35. The van der Waals surface area contributed by atoms with E-state index in [4.69, 9.17) is 19.6 Å². The van der Waals surface area contributed by atoms with E-state index in [0.29, 0.717) is 41.2 Å². The van der Waals surface area contributed by atoms with Gasteiger partial charge >= 0.3 is 6.18 Å². The van der Waals surface area contributed by atoms with Gasteiger partial charge in [0.25, 0.3) is 5.91 Å². The molecule has 2 aromatic rings. The molecule has 206 valence electrons. The molecule has 1 N–H and O–H groups in total. The number of hydrazone groups is 1. The molecule has 0 spiro atoms. The molecule has 12 heteroatoms. The first-order valence-corrected chi connectivity index (χ1v) is 13.1. The highest BCUT2D eigenvalue weighted by Crippen LogP contribution is 2.36. The van der Waals surface area contributed by atoms with E-state index in [9.17, 15) is 18.0 Å². The van der Waals surface area contributed by atoms with Crippen LogP contribution in [0.1, 0.15) is 44.2 Å². The van der Waals surface area contributed by atoms with Gasteiger partial charge in [0.2, 0.25) is 10.2 Å². The maximum Gasteiger partial charge on any atom is 0.441 e. The van der Waals surface area contributed by atoms with Crippen LogP contribution < -0.4 is 14.2 Å². The molecule has 0 radical (unpaired) electrons. The number of amidine groups is 2. The van der Waals surface area contributed by atoms with Crippen molar-refractivity contribution in [3.8, 4) is 17.2 Å². The number of alkyl halides is 3. The van der Waals surface area contributed by atoms with Crippen molar-refractivity contribution in [1.29, 1.82) is 5.41 Å². The van der Waals surface area contributed by atoms with Crippen LogP contribution in [0.3, 0.4) is 0 Å². The monoisotopic (exact) mass is 560 g/mol. The zero-order chi connectivity index (χ0) is 28.2. The number of hydrogen-bond acceptors (Lipinski definition) is 7. The van der Waals surface area contributed by atoms with Crippen LogP contribution in [-0.2, 0) is 4.79 Å². The number of ether oxygens (including phenoxy) is 3. The number of fused-ring (bicyclic) bond motifs is 1. The minimum atomic E-state index is -4.71. The highest BCUT2D eigenvalue weighted by molar-refractivity contribution is 8.27. The number of halogens is 3.